The van der Waals surface area contributed by atoms with Crippen molar-refractivity contribution in [2.75, 3.05) is 13.2 Å². The van der Waals surface area contributed by atoms with E-state index in [-0.39, 0.29) is 19.4 Å². The highest BCUT2D eigenvalue weighted by Crippen LogP contribution is 2.26. The molecule has 0 aromatic rings. The molecule has 0 aliphatic carbocycles. The summed E-state index contributed by atoms with van der Waals surface area (Å²) in [6, 6.07) is -1.05. The maximum Gasteiger partial charge on any atom is 0.306 e. The quantitative estimate of drug-likeness (QED) is 0.0195. The molecule has 1 amide bonds. The van der Waals surface area contributed by atoms with Gasteiger partial charge in [-0.1, -0.05) is 234 Å². The summed E-state index contributed by atoms with van der Waals surface area (Å²) < 4.78 is 17.6. The van der Waals surface area contributed by atoms with Gasteiger partial charge < -0.3 is 45.1 Å². The van der Waals surface area contributed by atoms with E-state index in [1.54, 1.807) is 6.08 Å². The van der Waals surface area contributed by atoms with Gasteiger partial charge in [-0.15, -0.1) is 0 Å². The van der Waals surface area contributed by atoms with E-state index in [4.69, 9.17) is 14.2 Å². The van der Waals surface area contributed by atoms with Crippen molar-refractivity contribution in [2.24, 2.45) is 0 Å². The van der Waals surface area contributed by atoms with E-state index < -0.39 is 67.4 Å². The van der Waals surface area contributed by atoms with Gasteiger partial charge in [-0.05, 0) is 109 Å². The Morgan fingerprint density at radius 2 is 0.885 bits per heavy atom. The van der Waals surface area contributed by atoms with Crippen LogP contribution in [0, 0.1) is 0 Å². The van der Waals surface area contributed by atoms with Gasteiger partial charge >= 0.3 is 5.97 Å². The molecule has 1 rings (SSSR count). The molecule has 0 aromatic carbocycles. The van der Waals surface area contributed by atoms with Crippen LogP contribution in [-0.4, -0.2) is 99.6 Å². The summed E-state index contributed by atoms with van der Waals surface area (Å²) in [5.41, 5.74) is 0. The molecule has 11 heteroatoms. The Morgan fingerprint density at radius 3 is 1.35 bits per heavy atom. The van der Waals surface area contributed by atoms with E-state index >= 15 is 0 Å². The molecule has 1 aliphatic heterocycles. The lowest BCUT2D eigenvalue weighted by atomic mass is 9.99. The van der Waals surface area contributed by atoms with Gasteiger partial charge in [0.25, 0.3) is 0 Å². The number of aliphatic hydroxyl groups is 5. The molecule has 448 valence electrons. The van der Waals surface area contributed by atoms with Crippen LogP contribution in [0.2, 0.25) is 0 Å². The highest BCUT2D eigenvalue weighted by Gasteiger charge is 2.47. The molecule has 8 atom stereocenters. The number of esters is 1. The average molecular weight is 1090 g/mol. The number of unbranched alkanes of at least 4 members (excludes halogenated alkanes) is 24. The van der Waals surface area contributed by atoms with Gasteiger partial charge in [0.1, 0.15) is 24.4 Å². The summed E-state index contributed by atoms with van der Waals surface area (Å²) in [6.07, 6.45) is 61.5. The van der Waals surface area contributed by atoms with Crippen LogP contribution in [0.25, 0.3) is 0 Å². The fourth-order valence-corrected chi connectivity index (χ4v) is 9.17. The minimum Gasteiger partial charge on any atom is -0.454 e. The topological polar surface area (TPSA) is 175 Å². The maximum atomic E-state index is 13.4. The molecule has 0 radical (unpaired) electrons. The number of ether oxygens (including phenoxy) is 3. The SMILES string of the molecule is CCCCC/C=C\C/C=C\C/C=C\C/C=C\CCCCCCCC(=O)OC1C(OCC(NC(=O)C(O)CCCCC/C=C\C/C=C\C/C=C\CCCCC)C(O)/C=C/CCCCCCCCCCCC)OC(CO)C(O)C1O. The fourth-order valence-electron chi connectivity index (χ4n) is 9.17. The molecule has 1 aliphatic rings. The van der Waals surface area contributed by atoms with Crippen LogP contribution in [0.1, 0.15) is 252 Å². The number of hydrogen-bond donors (Lipinski definition) is 6. The van der Waals surface area contributed by atoms with Crippen molar-refractivity contribution in [3.63, 3.8) is 0 Å². The van der Waals surface area contributed by atoms with Crippen molar-refractivity contribution in [3.05, 3.63) is 97.2 Å². The molecule has 78 heavy (non-hydrogen) atoms. The fraction of sp³-hybridized carbons (Fsp3) is 0.731. The first kappa shape index (κ1) is 72.6. The molecule has 6 N–H and O–H groups in total. The van der Waals surface area contributed by atoms with Gasteiger partial charge in [0.05, 0.1) is 25.4 Å². The molecule has 11 nitrogen and oxygen atoms in total. The van der Waals surface area contributed by atoms with Crippen molar-refractivity contribution in [3.8, 4) is 0 Å². The molecular formula is C67H115NO10. The molecule has 0 saturated carbocycles. The Balaban J connectivity index is 2.70. The summed E-state index contributed by atoms with van der Waals surface area (Å²) in [4.78, 5) is 26.5. The molecular weight excluding hydrogens is 979 g/mol. The van der Waals surface area contributed by atoms with Gasteiger partial charge in [0, 0.05) is 6.42 Å². The van der Waals surface area contributed by atoms with Crippen molar-refractivity contribution < 1.29 is 49.3 Å². The van der Waals surface area contributed by atoms with E-state index in [9.17, 15) is 35.1 Å². The van der Waals surface area contributed by atoms with Crippen LogP contribution in [-0.2, 0) is 23.8 Å². The van der Waals surface area contributed by atoms with Crippen LogP contribution in [0.15, 0.2) is 97.2 Å². The summed E-state index contributed by atoms with van der Waals surface area (Å²) in [6.45, 7) is 5.70. The average Bonchev–Trinajstić information content (AvgIpc) is 3.45. The van der Waals surface area contributed by atoms with E-state index in [1.165, 1.54) is 89.9 Å². The predicted octanol–water partition coefficient (Wildman–Crippen LogP) is 15.1. The van der Waals surface area contributed by atoms with Crippen LogP contribution >= 0.6 is 0 Å². The number of carbonyl (C=O) groups excluding carboxylic acids is 2. The smallest absolute Gasteiger partial charge is 0.306 e. The number of allylic oxidation sites excluding steroid dienone is 15. The lowest BCUT2D eigenvalue weighted by Gasteiger charge is -2.41. The Hall–Kier alpha value is -3.42. The second kappa shape index (κ2) is 54.2. The number of carbonyl (C=O) groups is 2. The molecule has 1 fully saturated rings. The van der Waals surface area contributed by atoms with E-state index in [0.29, 0.717) is 12.8 Å². The van der Waals surface area contributed by atoms with Crippen molar-refractivity contribution >= 4 is 11.9 Å². The van der Waals surface area contributed by atoms with Crippen LogP contribution in [0.4, 0.5) is 0 Å². The highest BCUT2D eigenvalue weighted by atomic mass is 16.7. The molecule has 8 unspecified atom stereocenters. The Labute approximate surface area is 475 Å². The lowest BCUT2D eigenvalue weighted by molar-refractivity contribution is -0.305. The normalized spacial score (nSPS) is 19.6. The Bertz CT molecular complexity index is 1630. The van der Waals surface area contributed by atoms with Crippen LogP contribution < -0.4 is 5.32 Å². The second-order valence-corrected chi connectivity index (χ2v) is 21.4. The zero-order chi connectivity index (χ0) is 56.8. The number of aliphatic hydroxyl groups excluding tert-OH is 5. The highest BCUT2D eigenvalue weighted by molar-refractivity contribution is 5.80. The summed E-state index contributed by atoms with van der Waals surface area (Å²) >= 11 is 0. The standard InChI is InChI=1S/C67H115NO10/c1-4-7-10-13-16-19-22-25-27-29-30-31-32-33-35-37-40-43-46-49-52-55-62(72)78-65-64(74)63(73)61(56-69)77-67(65)76-57-58(59(70)53-50-47-44-41-38-24-21-18-15-12-9-6-3)68-66(75)60(71)54-51-48-45-42-39-36-34-28-26-23-20-17-14-11-8-5-2/h16-17,19-20,25-28,30-31,33,35-36,39,50,53,58-61,63-65,67,69-71,73-74H,4-15,18,21-24,29,32,34,37-38,40-49,51-52,54-57H2,1-3H3,(H,68,75)/b19-16-,20-17-,27-25-,28-26-,31-30-,35-33-,39-36-,53-50+. The predicted molar refractivity (Wildman–Crippen MR) is 324 cm³/mol. The Kier molecular flexibility index (Phi) is 50.4. The van der Waals surface area contributed by atoms with Crippen LogP contribution in [0.3, 0.4) is 0 Å². The number of amides is 1. The third-order valence-corrected chi connectivity index (χ3v) is 14.2. The first-order valence-electron chi connectivity index (χ1n) is 31.5. The lowest BCUT2D eigenvalue weighted by Crippen LogP contribution is -2.61. The first-order valence-corrected chi connectivity index (χ1v) is 31.5. The zero-order valence-electron chi connectivity index (χ0n) is 49.5. The molecule has 0 aromatic heterocycles. The summed E-state index contributed by atoms with van der Waals surface area (Å²) in [5.74, 6) is -1.24. The molecule has 1 heterocycles. The molecule has 0 bridgehead atoms. The molecule has 0 spiro atoms. The van der Waals surface area contributed by atoms with Gasteiger partial charge in [-0.25, -0.2) is 0 Å². The zero-order valence-corrected chi connectivity index (χ0v) is 49.5. The second-order valence-electron chi connectivity index (χ2n) is 21.4. The first-order chi connectivity index (χ1) is 38.2. The van der Waals surface area contributed by atoms with E-state index in [0.717, 1.165) is 116 Å². The van der Waals surface area contributed by atoms with E-state index in [2.05, 4.69) is 111 Å². The largest absolute Gasteiger partial charge is 0.454 e. The number of hydrogen-bond acceptors (Lipinski definition) is 10. The maximum absolute atomic E-state index is 13.4. The molecule has 1 saturated heterocycles. The monoisotopic (exact) mass is 1090 g/mol. The number of rotatable bonds is 52. The van der Waals surface area contributed by atoms with Gasteiger partial charge in [0.15, 0.2) is 12.4 Å². The van der Waals surface area contributed by atoms with Crippen molar-refractivity contribution in [1.29, 1.82) is 0 Å². The van der Waals surface area contributed by atoms with Crippen molar-refractivity contribution in [2.45, 2.75) is 301 Å². The van der Waals surface area contributed by atoms with Crippen molar-refractivity contribution in [1.82, 2.24) is 5.32 Å². The van der Waals surface area contributed by atoms with Crippen LogP contribution in [0.5, 0.6) is 0 Å². The third-order valence-electron chi connectivity index (χ3n) is 14.2. The summed E-state index contributed by atoms with van der Waals surface area (Å²) in [7, 11) is 0. The summed E-state index contributed by atoms with van der Waals surface area (Å²) in [5, 5.41) is 57.0. The van der Waals surface area contributed by atoms with Gasteiger partial charge in [-0.2, -0.15) is 0 Å². The minimum atomic E-state index is -1.63. The van der Waals surface area contributed by atoms with Gasteiger partial charge in [0.2, 0.25) is 5.91 Å². The third kappa shape index (κ3) is 41.6. The number of nitrogens with one attached hydrogen (secondary N) is 1. The van der Waals surface area contributed by atoms with E-state index in [1.807, 2.05) is 6.08 Å². The Morgan fingerprint density at radius 1 is 0.500 bits per heavy atom. The minimum absolute atomic E-state index is 0.0949. The van der Waals surface area contributed by atoms with Gasteiger partial charge in [-0.3, -0.25) is 9.59 Å².